The van der Waals surface area contributed by atoms with Crippen LogP contribution in [0.3, 0.4) is 0 Å². The smallest absolute Gasteiger partial charge is 0.332 e. The van der Waals surface area contributed by atoms with Crippen molar-refractivity contribution in [3.8, 4) is 0 Å². The van der Waals surface area contributed by atoms with Crippen molar-refractivity contribution in [2.45, 2.75) is 33.1 Å². The summed E-state index contributed by atoms with van der Waals surface area (Å²) in [6.45, 7) is 4.39. The fourth-order valence-corrected chi connectivity index (χ4v) is 1.70. The van der Waals surface area contributed by atoms with E-state index in [9.17, 15) is 4.79 Å². The van der Waals surface area contributed by atoms with E-state index >= 15 is 0 Å². The Bertz CT molecular complexity index is 399. The molecular formula is C14H21N3O. The average molecular weight is 247 g/mol. The molecule has 4 nitrogen and oxygen atoms in total. The lowest BCUT2D eigenvalue weighted by Crippen LogP contribution is -2.26. The third kappa shape index (κ3) is 5.48. The first kappa shape index (κ1) is 14.2. The Morgan fingerprint density at radius 1 is 1.33 bits per heavy atom. The highest BCUT2D eigenvalue weighted by atomic mass is 16.2. The van der Waals surface area contributed by atoms with Crippen molar-refractivity contribution in [2.75, 3.05) is 0 Å². The van der Waals surface area contributed by atoms with E-state index in [-0.39, 0.29) is 0 Å². The maximum absolute atomic E-state index is 10.7. The molecular weight excluding hydrogens is 226 g/mol. The lowest BCUT2D eigenvalue weighted by atomic mass is 10.0. The van der Waals surface area contributed by atoms with E-state index in [0.29, 0.717) is 5.92 Å². The number of primary amides is 1. The van der Waals surface area contributed by atoms with Crippen molar-refractivity contribution in [1.82, 2.24) is 5.43 Å². The number of amides is 2. The number of carbonyl (C=O) groups excluding carboxylic acids is 1. The normalized spacial score (nSPS) is 11.6. The Balaban J connectivity index is 2.70. The minimum absolute atomic E-state index is 0.632. The number of urea groups is 1. The zero-order valence-electron chi connectivity index (χ0n) is 11.0. The molecule has 0 unspecified atom stereocenters. The topological polar surface area (TPSA) is 67.5 Å². The van der Waals surface area contributed by atoms with Crippen LogP contribution in [0.25, 0.3) is 0 Å². The molecule has 1 aromatic rings. The molecule has 0 saturated heterocycles. The van der Waals surface area contributed by atoms with E-state index in [2.05, 4.69) is 24.4 Å². The summed E-state index contributed by atoms with van der Waals surface area (Å²) in [5.74, 6) is 0.672. The fraction of sp³-hybridized carbons (Fsp3) is 0.429. The fourth-order valence-electron chi connectivity index (χ4n) is 1.70. The van der Waals surface area contributed by atoms with Crippen LogP contribution in [0, 0.1) is 5.92 Å². The van der Waals surface area contributed by atoms with Gasteiger partial charge in [0.2, 0.25) is 0 Å². The maximum Gasteiger partial charge on any atom is 0.332 e. The van der Waals surface area contributed by atoms with Crippen LogP contribution in [0.15, 0.2) is 35.4 Å². The second-order valence-corrected chi connectivity index (χ2v) is 4.69. The highest BCUT2D eigenvalue weighted by Gasteiger charge is 2.05. The number of nitrogens with two attached hydrogens (primary N) is 1. The molecule has 0 aromatic heterocycles. The van der Waals surface area contributed by atoms with Gasteiger partial charge in [0.25, 0.3) is 0 Å². The summed E-state index contributed by atoms with van der Waals surface area (Å²) in [5, 5.41) is 4.08. The molecule has 1 rings (SSSR count). The molecule has 0 bridgehead atoms. The van der Waals surface area contributed by atoms with Crippen LogP contribution < -0.4 is 11.2 Å². The van der Waals surface area contributed by atoms with Crippen LogP contribution in [0.1, 0.15) is 38.7 Å². The van der Waals surface area contributed by atoms with E-state index in [1.54, 1.807) is 0 Å². The molecule has 3 N–H and O–H groups in total. The van der Waals surface area contributed by atoms with Gasteiger partial charge in [0, 0.05) is 0 Å². The number of nitrogens with zero attached hydrogens (tertiary/aromatic N) is 1. The van der Waals surface area contributed by atoms with Gasteiger partial charge in [-0.2, -0.15) is 5.10 Å². The van der Waals surface area contributed by atoms with Crippen LogP contribution in [-0.2, 0) is 0 Å². The molecule has 0 radical (unpaired) electrons. The minimum Gasteiger partial charge on any atom is -0.350 e. The molecule has 4 heteroatoms. The van der Waals surface area contributed by atoms with Crippen molar-refractivity contribution in [3.05, 3.63) is 35.9 Å². The van der Waals surface area contributed by atoms with Crippen LogP contribution in [0.4, 0.5) is 4.79 Å². The summed E-state index contributed by atoms with van der Waals surface area (Å²) in [6, 6.07) is 9.20. The monoisotopic (exact) mass is 247 g/mol. The van der Waals surface area contributed by atoms with Gasteiger partial charge in [0.1, 0.15) is 0 Å². The standard InChI is InChI=1S/C14H21N3O/c1-11(2)7-6-10-13(16-17-14(15)18)12-8-4-3-5-9-12/h3-5,8-9,11H,6-7,10H2,1-2H3,(H3,15,17,18). The summed E-state index contributed by atoms with van der Waals surface area (Å²) in [7, 11) is 0. The first-order chi connectivity index (χ1) is 8.59. The molecule has 0 aliphatic rings. The Morgan fingerprint density at radius 2 is 2.00 bits per heavy atom. The van der Waals surface area contributed by atoms with Gasteiger partial charge in [-0.1, -0.05) is 50.6 Å². The van der Waals surface area contributed by atoms with Crippen LogP contribution in [0.2, 0.25) is 0 Å². The second-order valence-electron chi connectivity index (χ2n) is 4.69. The molecule has 18 heavy (non-hydrogen) atoms. The van der Waals surface area contributed by atoms with Gasteiger partial charge in [-0.3, -0.25) is 0 Å². The van der Waals surface area contributed by atoms with Gasteiger partial charge in [0.05, 0.1) is 5.71 Å². The largest absolute Gasteiger partial charge is 0.350 e. The van der Waals surface area contributed by atoms with Crippen molar-refractivity contribution in [3.63, 3.8) is 0 Å². The van der Waals surface area contributed by atoms with E-state index < -0.39 is 6.03 Å². The number of hydrogen-bond donors (Lipinski definition) is 2. The van der Waals surface area contributed by atoms with E-state index in [1.165, 1.54) is 0 Å². The molecule has 0 aliphatic heterocycles. The zero-order chi connectivity index (χ0) is 13.4. The predicted octanol–water partition coefficient (Wildman–Crippen LogP) is 2.89. The third-order valence-corrected chi connectivity index (χ3v) is 2.60. The van der Waals surface area contributed by atoms with E-state index in [1.807, 2.05) is 30.3 Å². The summed E-state index contributed by atoms with van der Waals surface area (Å²) in [6.07, 6.45) is 3.02. The highest BCUT2D eigenvalue weighted by molar-refractivity contribution is 6.00. The number of benzene rings is 1. The first-order valence-corrected chi connectivity index (χ1v) is 6.27. The first-order valence-electron chi connectivity index (χ1n) is 6.27. The quantitative estimate of drug-likeness (QED) is 0.589. The van der Waals surface area contributed by atoms with Crippen molar-refractivity contribution >= 4 is 11.7 Å². The summed E-state index contributed by atoms with van der Waals surface area (Å²) in [4.78, 5) is 10.7. The van der Waals surface area contributed by atoms with Gasteiger partial charge >= 0.3 is 6.03 Å². The van der Waals surface area contributed by atoms with Crippen molar-refractivity contribution in [1.29, 1.82) is 0 Å². The van der Waals surface area contributed by atoms with Crippen molar-refractivity contribution < 1.29 is 4.79 Å². The van der Waals surface area contributed by atoms with Gasteiger partial charge in [-0.05, 0) is 24.3 Å². The maximum atomic E-state index is 10.7. The molecule has 0 saturated carbocycles. The number of hydrogen-bond acceptors (Lipinski definition) is 2. The summed E-state index contributed by atoms with van der Waals surface area (Å²) >= 11 is 0. The SMILES string of the molecule is CC(C)CCCC(=NNC(N)=O)c1ccccc1. The number of hydrazone groups is 1. The zero-order valence-corrected chi connectivity index (χ0v) is 11.0. The molecule has 1 aromatic carbocycles. The molecule has 0 fully saturated rings. The van der Waals surface area contributed by atoms with Crippen molar-refractivity contribution in [2.24, 2.45) is 16.8 Å². The molecule has 0 heterocycles. The lowest BCUT2D eigenvalue weighted by molar-refractivity contribution is 0.249. The third-order valence-electron chi connectivity index (χ3n) is 2.60. The predicted molar refractivity (Wildman–Crippen MR) is 74.4 cm³/mol. The van der Waals surface area contributed by atoms with Gasteiger partial charge < -0.3 is 5.73 Å². The van der Waals surface area contributed by atoms with Crippen LogP contribution in [0.5, 0.6) is 0 Å². The Morgan fingerprint density at radius 3 is 2.56 bits per heavy atom. The van der Waals surface area contributed by atoms with E-state index in [4.69, 9.17) is 5.73 Å². The van der Waals surface area contributed by atoms with Gasteiger partial charge in [0.15, 0.2) is 0 Å². The van der Waals surface area contributed by atoms with Crippen LogP contribution in [-0.4, -0.2) is 11.7 Å². The molecule has 0 spiro atoms. The molecule has 0 aliphatic carbocycles. The van der Waals surface area contributed by atoms with Crippen LogP contribution >= 0.6 is 0 Å². The number of rotatable bonds is 6. The molecule has 98 valence electrons. The lowest BCUT2D eigenvalue weighted by Gasteiger charge is -2.08. The Kier molecular flexibility index (Phi) is 5.91. The summed E-state index contributed by atoms with van der Waals surface area (Å²) < 4.78 is 0. The van der Waals surface area contributed by atoms with Gasteiger partial charge in [-0.15, -0.1) is 0 Å². The highest BCUT2D eigenvalue weighted by Crippen LogP contribution is 2.11. The summed E-state index contributed by atoms with van der Waals surface area (Å²) in [5.41, 5.74) is 9.24. The molecule has 2 amide bonds. The average Bonchev–Trinajstić information content (AvgIpc) is 2.34. The van der Waals surface area contributed by atoms with E-state index in [0.717, 1.165) is 30.5 Å². The Hall–Kier alpha value is -1.84. The Labute approximate surface area is 108 Å². The minimum atomic E-state index is -0.632. The number of carbonyl (C=O) groups is 1. The second kappa shape index (κ2) is 7.48. The molecule has 0 atom stereocenters. The number of nitrogens with one attached hydrogen (secondary N) is 1. The van der Waals surface area contributed by atoms with Gasteiger partial charge in [-0.25, -0.2) is 10.2 Å².